The molecule has 0 saturated heterocycles. The van der Waals surface area contributed by atoms with Gasteiger partial charge in [-0.2, -0.15) is 4.98 Å². The van der Waals surface area contributed by atoms with Crippen LogP contribution in [0, 0.1) is 0 Å². The third kappa shape index (κ3) is 3.49. The van der Waals surface area contributed by atoms with Crippen LogP contribution in [0.25, 0.3) is 11.4 Å². The van der Waals surface area contributed by atoms with Gasteiger partial charge in [-0.3, -0.25) is 0 Å². The van der Waals surface area contributed by atoms with Crippen molar-refractivity contribution in [1.29, 1.82) is 0 Å². The Kier molecular flexibility index (Phi) is 4.25. The smallest absolute Gasteiger partial charge is 0.335 e. The standard InChI is InChI=1S/C16H11ClN2O4/c17-13-4-2-1-3-12(13)15-18-14(23-19-15)9-22-11-7-5-10(6-8-11)16(20)21/h1-8H,9H2,(H,20,21). The fraction of sp³-hybridized carbons (Fsp3) is 0.0625. The summed E-state index contributed by atoms with van der Waals surface area (Å²) in [6.45, 7) is 0.0733. The topological polar surface area (TPSA) is 85.5 Å². The van der Waals surface area contributed by atoms with Gasteiger partial charge in [0.2, 0.25) is 5.82 Å². The number of rotatable bonds is 5. The summed E-state index contributed by atoms with van der Waals surface area (Å²) in [5, 5.41) is 13.2. The van der Waals surface area contributed by atoms with Crippen LogP contribution >= 0.6 is 11.6 Å². The molecule has 6 nitrogen and oxygen atoms in total. The van der Waals surface area contributed by atoms with Gasteiger partial charge in [-0.15, -0.1) is 0 Å². The lowest BCUT2D eigenvalue weighted by molar-refractivity contribution is 0.0697. The average molecular weight is 331 g/mol. The van der Waals surface area contributed by atoms with Gasteiger partial charge in [-0.1, -0.05) is 28.9 Å². The molecule has 0 aliphatic carbocycles. The zero-order valence-electron chi connectivity index (χ0n) is 11.8. The summed E-state index contributed by atoms with van der Waals surface area (Å²) in [5.74, 6) is 0.197. The van der Waals surface area contributed by atoms with Crippen LogP contribution < -0.4 is 4.74 Å². The summed E-state index contributed by atoms with van der Waals surface area (Å²) in [6, 6.07) is 13.2. The van der Waals surface area contributed by atoms with Gasteiger partial charge in [-0.25, -0.2) is 4.79 Å². The lowest BCUT2D eigenvalue weighted by Crippen LogP contribution is -1.98. The normalized spacial score (nSPS) is 10.5. The van der Waals surface area contributed by atoms with Crippen LogP contribution in [0.4, 0.5) is 0 Å². The first-order valence-electron chi connectivity index (χ1n) is 6.67. The number of hydrogen-bond acceptors (Lipinski definition) is 5. The van der Waals surface area contributed by atoms with Crippen LogP contribution in [-0.4, -0.2) is 21.2 Å². The summed E-state index contributed by atoms with van der Waals surface area (Å²) in [7, 11) is 0. The molecule has 0 radical (unpaired) electrons. The Hall–Kier alpha value is -2.86. The Labute approximate surface area is 136 Å². The Balaban J connectivity index is 1.68. The number of aromatic nitrogens is 2. The van der Waals surface area contributed by atoms with Crippen molar-refractivity contribution in [3.05, 3.63) is 65.0 Å². The molecule has 0 saturated carbocycles. The predicted octanol–water partition coefficient (Wildman–Crippen LogP) is 3.67. The maximum atomic E-state index is 10.8. The van der Waals surface area contributed by atoms with Crippen molar-refractivity contribution < 1.29 is 19.2 Å². The maximum absolute atomic E-state index is 10.8. The number of ether oxygens (including phenoxy) is 1. The molecule has 3 aromatic rings. The van der Waals surface area contributed by atoms with Gasteiger partial charge in [0.25, 0.3) is 5.89 Å². The van der Waals surface area contributed by atoms with Crippen LogP contribution in [0.1, 0.15) is 16.2 Å². The van der Waals surface area contributed by atoms with Gasteiger partial charge >= 0.3 is 5.97 Å². The summed E-state index contributed by atoms with van der Waals surface area (Å²) in [6.07, 6.45) is 0. The molecule has 0 amide bonds. The van der Waals surface area contributed by atoms with E-state index in [9.17, 15) is 4.79 Å². The van der Waals surface area contributed by atoms with E-state index in [1.807, 2.05) is 12.1 Å². The van der Waals surface area contributed by atoms with E-state index in [1.54, 1.807) is 24.3 Å². The predicted molar refractivity (Wildman–Crippen MR) is 82.5 cm³/mol. The van der Waals surface area contributed by atoms with Gasteiger partial charge in [0.05, 0.1) is 10.6 Å². The second-order valence-electron chi connectivity index (χ2n) is 4.61. The Bertz CT molecular complexity index is 830. The van der Waals surface area contributed by atoms with Crippen LogP contribution in [-0.2, 0) is 6.61 Å². The van der Waals surface area contributed by atoms with E-state index in [2.05, 4.69) is 10.1 Å². The van der Waals surface area contributed by atoms with E-state index < -0.39 is 5.97 Å². The van der Waals surface area contributed by atoms with Crippen molar-refractivity contribution in [3.8, 4) is 17.1 Å². The zero-order valence-corrected chi connectivity index (χ0v) is 12.5. The number of benzene rings is 2. The molecule has 0 aliphatic rings. The lowest BCUT2D eigenvalue weighted by Gasteiger charge is -2.03. The van der Waals surface area contributed by atoms with Crippen molar-refractivity contribution >= 4 is 17.6 Å². The van der Waals surface area contributed by atoms with E-state index in [0.29, 0.717) is 28.1 Å². The Morgan fingerprint density at radius 1 is 1.17 bits per heavy atom. The van der Waals surface area contributed by atoms with Gasteiger partial charge in [-0.05, 0) is 36.4 Å². The molecule has 0 spiro atoms. The quantitative estimate of drug-likeness (QED) is 0.768. The van der Waals surface area contributed by atoms with Crippen LogP contribution in [0.2, 0.25) is 5.02 Å². The number of nitrogens with zero attached hydrogens (tertiary/aromatic N) is 2. The first-order valence-corrected chi connectivity index (χ1v) is 7.05. The molecule has 7 heteroatoms. The monoisotopic (exact) mass is 330 g/mol. The first-order chi connectivity index (χ1) is 11.1. The minimum absolute atomic E-state index is 0.0733. The van der Waals surface area contributed by atoms with Crippen molar-refractivity contribution in [2.75, 3.05) is 0 Å². The van der Waals surface area contributed by atoms with E-state index >= 15 is 0 Å². The van der Waals surface area contributed by atoms with Crippen molar-refractivity contribution in [2.45, 2.75) is 6.61 Å². The number of carboxylic acid groups (broad SMARTS) is 1. The second kappa shape index (κ2) is 6.50. The SMILES string of the molecule is O=C(O)c1ccc(OCc2nc(-c3ccccc3Cl)no2)cc1. The highest BCUT2D eigenvalue weighted by Crippen LogP contribution is 2.25. The fourth-order valence-electron chi connectivity index (χ4n) is 1.90. The molecule has 1 N–H and O–H groups in total. The number of hydrogen-bond donors (Lipinski definition) is 1. The van der Waals surface area contributed by atoms with Crippen molar-refractivity contribution in [1.82, 2.24) is 10.1 Å². The highest BCUT2D eigenvalue weighted by Gasteiger charge is 2.12. The van der Waals surface area contributed by atoms with Gasteiger partial charge in [0, 0.05) is 5.56 Å². The van der Waals surface area contributed by atoms with Gasteiger partial charge < -0.3 is 14.4 Å². The summed E-state index contributed by atoms with van der Waals surface area (Å²) >= 11 is 6.08. The molecule has 3 rings (SSSR count). The highest BCUT2D eigenvalue weighted by molar-refractivity contribution is 6.33. The van der Waals surface area contributed by atoms with Gasteiger partial charge in [0.1, 0.15) is 5.75 Å². The van der Waals surface area contributed by atoms with Crippen LogP contribution in [0.15, 0.2) is 53.1 Å². The maximum Gasteiger partial charge on any atom is 0.335 e. The van der Waals surface area contributed by atoms with Crippen molar-refractivity contribution in [3.63, 3.8) is 0 Å². The Morgan fingerprint density at radius 3 is 2.61 bits per heavy atom. The lowest BCUT2D eigenvalue weighted by atomic mass is 10.2. The molecule has 0 fully saturated rings. The third-order valence-electron chi connectivity index (χ3n) is 3.05. The molecule has 0 bridgehead atoms. The summed E-state index contributed by atoms with van der Waals surface area (Å²) in [4.78, 5) is 15.0. The van der Waals surface area contributed by atoms with E-state index in [4.69, 9.17) is 26.0 Å². The molecular weight excluding hydrogens is 320 g/mol. The zero-order chi connectivity index (χ0) is 16.2. The number of aromatic carboxylic acids is 1. The van der Waals surface area contributed by atoms with Crippen LogP contribution in [0.5, 0.6) is 5.75 Å². The molecule has 0 aliphatic heterocycles. The number of carbonyl (C=O) groups is 1. The molecule has 2 aromatic carbocycles. The van der Waals surface area contributed by atoms with Gasteiger partial charge in [0.15, 0.2) is 6.61 Å². The summed E-state index contributed by atoms with van der Waals surface area (Å²) in [5.41, 5.74) is 0.867. The molecule has 116 valence electrons. The van der Waals surface area contributed by atoms with E-state index in [0.717, 1.165) is 0 Å². The number of halogens is 1. The van der Waals surface area contributed by atoms with E-state index in [1.165, 1.54) is 12.1 Å². The third-order valence-corrected chi connectivity index (χ3v) is 3.38. The average Bonchev–Trinajstić information content (AvgIpc) is 3.02. The van der Waals surface area contributed by atoms with Crippen molar-refractivity contribution in [2.24, 2.45) is 0 Å². The largest absolute Gasteiger partial charge is 0.484 e. The minimum Gasteiger partial charge on any atom is -0.484 e. The van der Waals surface area contributed by atoms with E-state index in [-0.39, 0.29) is 12.2 Å². The second-order valence-corrected chi connectivity index (χ2v) is 5.02. The highest BCUT2D eigenvalue weighted by atomic mass is 35.5. The molecular formula is C16H11ClN2O4. The summed E-state index contributed by atoms with van der Waals surface area (Å²) < 4.78 is 10.6. The first kappa shape index (κ1) is 15.1. The fourth-order valence-corrected chi connectivity index (χ4v) is 2.12. The molecule has 0 unspecified atom stereocenters. The number of carboxylic acids is 1. The molecule has 0 atom stereocenters. The minimum atomic E-state index is -0.988. The molecule has 1 heterocycles. The molecule has 1 aromatic heterocycles. The molecule has 23 heavy (non-hydrogen) atoms. The van der Waals surface area contributed by atoms with Crippen LogP contribution in [0.3, 0.4) is 0 Å². The Morgan fingerprint density at radius 2 is 1.91 bits per heavy atom.